The molecule has 3 aromatic rings. The third kappa shape index (κ3) is 3.98. The number of aromatic nitrogens is 2. The van der Waals surface area contributed by atoms with E-state index in [1.165, 1.54) is 18.0 Å². The largest absolute Gasteiger partial charge is 0.464 e. The van der Waals surface area contributed by atoms with Gasteiger partial charge in [-0.05, 0) is 46.8 Å². The molecule has 7 nitrogen and oxygen atoms in total. The molecule has 156 valence electrons. The SMILES string of the molecule is CCN(CC)C(=O)c1c(C)nc(SCc2c(C)noc2C)c(C#N)c1-c1ccco1. The van der Waals surface area contributed by atoms with Crippen molar-refractivity contribution in [2.75, 3.05) is 13.1 Å². The molecule has 0 unspecified atom stereocenters. The van der Waals surface area contributed by atoms with E-state index < -0.39 is 0 Å². The molecule has 0 spiro atoms. The molecule has 0 N–H and O–H groups in total. The van der Waals surface area contributed by atoms with Crippen LogP contribution in [-0.2, 0) is 5.75 Å². The second-order valence-corrected chi connectivity index (χ2v) is 7.75. The molecule has 30 heavy (non-hydrogen) atoms. The highest BCUT2D eigenvalue weighted by Gasteiger charge is 2.28. The molecular weight excluding hydrogens is 400 g/mol. The summed E-state index contributed by atoms with van der Waals surface area (Å²) in [4.78, 5) is 19.6. The van der Waals surface area contributed by atoms with Crippen molar-refractivity contribution in [3.63, 3.8) is 0 Å². The van der Waals surface area contributed by atoms with Gasteiger partial charge in [0.15, 0.2) is 0 Å². The van der Waals surface area contributed by atoms with Gasteiger partial charge in [-0.1, -0.05) is 5.16 Å². The number of nitriles is 1. The fourth-order valence-corrected chi connectivity index (χ4v) is 4.52. The van der Waals surface area contributed by atoms with Crippen LogP contribution in [-0.4, -0.2) is 34.0 Å². The first-order valence-corrected chi connectivity index (χ1v) is 10.7. The smallest absolute Gasteiger partial charge is 0.256 e. The minimum Gasteiger partial charge on any atom is -0.464 e. The van der Waals surface area contributed by atoms with E-state index in [1.54, 1.807) is 24.0 Å². The molecule has 0 aliphatic rings. The minimum atomic E-state index is -0.157. The Morgan fingerprint density at radius 2 is 1.97 bits per heavy atom. The maximum absolute atomic E-state index is 13.3. The van der Waals surface area contributed by atoms with Gasteiger partial charge in [0.05, 0.1) is 34.3 Å². The number of carbonyl (C=O) groups excluding carboxylic acids is 1. The average molecular weight is 425 g/mol. The first kappa shape index (κ1) is 21.7. The van der Waals surface area contributed by atoms with Crippen molar-refractivity contribution in [3.05, 3.63) is 52.2 Å². The number of rotatable bonds is 7. The lowest BCUT2D eigenvalue weighted by molar-refractivity contribution is 0.0772. The van der Waals surface area contributed by atoms with Gasteiger partial charge in [0.2, 0.25) is 0 Å². The van der Waals surface area contributed by atoms with Crippen LogP contribution in [0.4, 0.5) is 0 Å². The lowest BCUT2D eigenvalue weighted by Gasteiger charge is -2.22. The Labute approximate surface area is 180 Å². The molecule has 0 fully saturated rings. The number of hydrogen-bond acceptors (Lipinski definition) is 7. The zero-order chi connectivity index (χ0) is 21.8. The molecule has 0 radical (unpaired) electrons. The number of thioether (sulfide) groups is 1. The van der Waals surface area contributed by atoms with E-state index in [0.29, 0.717) is 52.0 Å². The summed E-state index contributed by atoms with van der Waals surface area (Å²) in [7, 11) is 0. The maximum Gasteiger partial charge on any atom is 0.256 e. The summed E-state index contributed by atoms with van der Waals surface area (Å²) >= 11 is 1.42. The Kier molecular flexibility index (Phi) is 6.63. The summed E-state index contributed by atoms with van der Waals surface area (Å²) in [6, 6.07) is 5.76. The molecule has 1 amide bonds. The topological polar surface area (TPSA) is 96.2 Å². The summed E-state index contributed by atoms with van der Waals surface area (Å²) in [5.74, 6) is 1.63. The Morgan fingerprint density at radius 3 is 2.50 bits per heavy atom. The molecule has 0 aromatic carbocycles. The van der Waals surface area contributed by atoms with Crippen molar-refractivity contribution in [3.8, 4) is 17.4 Å². The second-order valence-electron chi connectivity index (χ2n) is 6.79. The second kappa shape index (κ2) is 9.18. The van der Waals surface area contributed by atoms with Crippen molar-refractivity contribution < 1.29 is 13.7 Å². The normalized spacial score (nSPS) is 10.8. The molecular formula is C22H24N4O3S. The third-order valence-corrected chi connectivity index (χ3v) is 6.03. The molecule has 0 aliphatic carbocycles. The highest BCUT2D eigenvalue weighted by molar-refractivity contribution is 7.98. The third-order valence-electron chi connectivity index (χ3n) is 5.02. The predicted octanol–water partition coefficient (Wildman–Crippen LogP) is 4.90. The van der Waals surface area contributed by atoms with E-state index in [2.05, 4.69) is 16.2 Å². The monoisotopic (exact) mass is 424 g/mol. The Bertz CT molecular complexity index is 1070. The number of aryl methyl sites for hydroxylation is 3. The zero-order valence-corrected chi connectivity index (χ0v) is 18.6. The van der Waals surface area contributed by atoms with Gasteiger partial charge in [-0.2, -0.15) is 5.26 Å². The number of pyridine rings is 1. The van der Waals surface area contributed by atoms with Gasteiger partial charge in [-0.15, -0.1) is 11.8 Å². The van der Waals surface area contributed by atoms with Crippen LogP contribution in [0, 0.1) is 32.1 Å². The van der Waals surface area contributed by atoms with Gasteiger partial charge in [0.25, 0.3) is 5.91 Å². The molecule has 0 aliphatic heterocycles. The molecule has 3 aromatic heterocycles. The van der Waals surface area contributed by atoms with Crippen LogP contribution in [0.5, 0.6) is 0 Å². The van der Waals surface area contributed by atoms with Crippen molar-refractivity contribution in [2.24, 2.45) is 0 Å². The van der Waals surface area contributed by atoms with Crippen LogP contribution in [0.25, 0.3) is 11.3 Å². The van der Waals surface area contributed by atoms with E-state index in [-0.39, 0.29) is 5.91 Å². The molecule has 3 heterocycles. The first-order chi connectivity index (χ1) is 14.4. The van der Waals surface area contributed by atoms with Crippen molar-refractivity contribution in [1.82, 2.24) is 15.0 Å². The molecule has 0 atom stereocenters. The standard InChI is InChI=1S/C22H24N4O3S/c1-6-26(7-2)22(27)19-14(4)24-21(30-12-17-13(3)25-29-15(17)5)16(11-23)20(19)18-9-8-10-28-18/h8-10H,6-7,12H2,1-5H3. The summed E-state index contributed by atoms with van der Waals surface area (Å²) in [6.45, 7) is 10.5. The predicted molar refractivity (Wildman–Crippen MR) is 114 cm³/mol. The van der Waals surface area contributed by atoms with E-state index in [9.17, 15) is 10.1 Å². The van der Waals surface area contributed by atoms with Crippen LogP contribution in [0.15, 0.2) is 32.4 Å². The fraction of sp³-hybridized carbons (Fsp3) is 0.364. The number of carbonyl (C=O) groups is 1. The van der Waals surface area contributed by atoms with Gasteiger partial charge in [-0.25, -0.2) is 4.98 Å². The van der Waals surface area contributed by atoms with Crippen molar-refractivity contribution in [2.45, 2.75) is 45.4 Å². The van der Waals surface area contributed by atoms with E-state index in [4.69, 9.17) is 8.94 Å². The van der Waals surface area contributed by atoms with Gasteiger partial charge in [0.1, 0.15) is 22.6 Å². The zero-order valence-electron chi connectivity index (χ0n) is 17.8. The molecule has 0 saturated carbocycles. The maximum atomic E-state index is 13.3. The summed E-state index contributed by atoms with van der Waals surface area (Å²) in [6.07, 6.45) is 1.54. The Balaban J connectivity index is 2.15. The van der Waals surface area contributed by atoms with Crippen LogP contribution in [0.3, 0.4) is 0 Å². The quantitative estimate of drug-likeness (QED) is 0.498. The number of amides is 1. The van der Waals surface area contributed by atoms with E-state index in [1.807, 2.05) is 27.7 Å². The van der Waals surface area contributed by atoms with Crippen LogP contribution in [0.2, 0.25) is 0 Å². The fourth-order valence-electron chi connectivity index (χ4n) is 3.33. The number of nitrogens with zero attached hydrogens (tertiary/aromatic N) is 4. The number of furan rings is 1. The van der Waals surface area contributed by atoms with Gasteiger partial charge >= 0.3 is 0 Å². The Morgan fingerprint density at radius 1 is 1.23 bits per heavy atom. The minimum absolute atomic E-state index is 0.157. The van der Waals surface area contributed by atoms with Gasteiger partial charge in [-0.3, -0.25) is 4.79 Å². The molecule has 8 heteroatoms. The van der Waals surface area contributed by atoms with Crippen molar-refractivity contribution in [1.29, 1.82) is 5.26 Å². The highest BCUT2D eigenvalue weighted by Crippen LogP contribution is 2.37. The molecule has 0 bridgehead atoms. The van der Waals surface area contributed by atoms with Gasteiger partial charge < -0.3 is 13.8 Å². The Hall–Kier alpha value is -3.05. The summed E-state index contributed by atoms with van der Waals surface area (Å²) < 4.78 is 10.8. The van der Waals surface area contributed by atoms with E-state index >= 15 is 0 Å². The van der Waals surface area contributed by atoms with Crippen molar-refractivity contribution >= 4 is 17.7 Å². The lowest BCUT2D eigenvalue weighted by atomic mass is 9.98. The van der Waals surface area contributed by atoms with Gasteiger partial charge in [0, 0.05) is 24.4 Å². The highest BCUT2D eigenvalue weighted by atomic mass is 32.2. The molecule has 3 rings (SSSR count). The van der Waals surface area contributed by atoms with Crippen LogP contribution >= 0.6 is 11.8 Å². The number of hydrogen-bond donors (Lipinski definition) is 0. The first-order valence-electron chi connectivity index (χ1n) is 9.75. The molecule has 0 saturated heterocycles. The van der Waals surface area contributed by atoms with Crippen LogP contribution in [0.1, 0.15) is 52.5 Å². The summed E-state index contributed by atoms with van der Waals surface area (Å²) in [5, 5.41) is 14.6. The van der Waals surface area contributed by atoms with Crippen LogP contribution < -0.4 is 0 Å². The summed E-state index contributed by atoms with van der Waals surface area (Å²) in [5.41, 5.74) is 3.60. The average Bonchev–Trinajstić information content (AvgIpc) is 3.37. The van der Waals surface area contributed by atoms with E-state index in [0.717, 1.165) is 17.0 Å². The lowest BCUT2D eigenvalue weighted by Crippen LogP contribution is -2.32.